The van der Waals surface area contributed by atoms with Gasteiger partial charge in [0, 0.05) is 13.0 Å². The lowest BCUT2D eigenvalue weighted by atomic mass is 9.99. The number of unbranched alkanes of at least 4 members (excludes halogenated alkanes) is 34. The van der Waals surface area contributed by atoms with Gasteiger partial charge < -0.3 is 39.4 Å². The second-order valence-corrected chi connectivity index (χ2v) is 19.4. The Bertz CT molecular complexity index is 1050. The molecule has 384 valence electrons. The van der Waals surface area contributed by atoms with Gasteiger partial charge in [-0.3, -0.25) is 4.79 Å². The Kier molecular flexibility index (Phi) is 45.3. The van der Waals surface area contributed by atoms with Gasteiger partial charge in [-0.05, 0) is 44.9 Å². The third-order valence-electron chi connectivity index (χ3n) is 13.1. The van der Waals surface area contributed by atoms with Gasteiger partial charge in [0.25, 0.3) is 0 Å². The van der Waals surface area contributed by atoms with E-state index in [1.54, 1.807) is 0 Å². The van der Waals surface area contributed by atoms with Crippen molar-refractivity contribution in [3.05, 3.63) is 24.3 Å². The summed E-state index contributed by atoms with van der Waals surface area (Å²) in [4.78, 5) is 12.9. The summed E-state index contributed by atoms with van der Waals surface area (Å²) in [5, 5.41) is 40.3. The highest BCUT2D eigenvalue weighted by atomic mass is 16.7. The van der Waals surface area contributed by atoms with Crippen molar-refractivity contribution in [2.24, 2.45) is 0 Å². The minimum Gasteiger partial charge on any atom is -0.457 e. The number of esters is 1. The number of allylic oxidation sites excluding steroid dienone is 4. The summed E-state index contributed by atoms with van der Waals surface area (Å²) in [5.41, 5.74) is 0. The summed E-state index contributed by atoms with van der Waals surface area (Å²) in [6.45, 7) is 4.57. The van der Waals surface area contributed by atoms with Crippen LogP contribution in [0.3, 0.4) is 0 Å². The zero-order valence-corrected chi connectivity index (χ0v) is 42.5. The lowest BCUT2D eigenvalue weighted by molar-refractivity contribution is -0.305. The minimum absolute atomic E-state index is 0.113. The van der Waals surface area contributed by atoms with Crippen LogP contribution in [0, 0.1) is 0 Å². The van der Waals surface area contributed by atoms with Gasteiger partial charge in [0.15, 0.2) is 6.29 Å². The maximum Gasteiger partial charge on any atom is 0.306 e. The first-order valence-electron chi connectivity index (χ1n) is 27.9. The van der Waals surface area contributed by atoms with Crippen LogP contribution in [0.5, 0.6) is 0 Å². The molecule has 0 radical (unpaired) electrons. The second-order valence-electron chi connectivity index (χ2n) is 19.4. The number of carbonyl (C=O) groups excluding carboxylic acids is 1. The zero-order valence-electron chi connectivity index (χ0n) is 42.5. The van der Waals surface area contributed by atoms with Crippen molar-refractivity contribution >= 4 is 5.97 Å². The Balaban J connectivity index is 2.14. The summed E-state index contributed by atoms with van der Waals surface area (Å²) in [5.74, 6) is -0.311. The lowest BCUT2D eigenvalue weighted by Gasteiger charge is -2.39. The van der Waals surface area contributed by atoms with Crippen LogP contribution in [0.15, 0.2) is 24.3 Å². The van der Waals surface area contributed by atoms with Gasteiger partial charge in [0.1, 0.15) is 30.5 Å². The first-order valence-corrected chi connectivity index (χ1v) is 27.9. The molecule has 9 heteroatoms. The van der Waals surface area contributed by atoms with Crippen molar-refractivity contribution in [1.82, 2.24) is 0 Å². The minimum atomic E-state index is -1.54. The standard InChI is InChI=1S/C56H106O9/c1-3-5-7-9-11-13-15-17-19-21-22-23-24-25-26-27-28-29-31-33-35-37-39-41-43-45-52(58)64-50(49-63-56-55(61)54(60)53(59)51(47-57)65-56)48-62-46-44-42-40-38-36-34-32-30-20-18-16-14-12-10-8-6-4-2/h14,16,20,30,50-51,53-57,59-61H,3-13,15,17-19,21-29,31-49H2,1-2H3/b16-14-,30-20-. The van der Waals surface area contributed by atoms with Gasteiger partial charge in [-0.15, -0.1) is 0 Å². The van der Waals surface area contributed by atoms with E-state index in [0.717, 1.165) is 51.4 Å². The van der Waals surface area contributed by atoms with Crippen LogP contribution in [-0.2, 0) is 23.7 Å². The number of rotatable bonds is 49. The molecule has 6 unspecified atom stereocenters. The van der Waals surface area contributed by atoms with Crippen LogP contribution in [0.1, 0.15) is 264 Å². The van der Waals surface area contributed by atoms with Crippen LogP contribution in [-0.4, -0.2) is 89.6 Å². The molecule has 6 atom stereocenters. The van der Waals surface area contributed by atoms with Crippen LogP contribution >= 0.6 is 0 Å². The molecule has 0 aromatic carbocycles. The largest absolute Gasteiger partial charge is 0.457 e. The third-order valence-corrected chi connectivity index (χ3v) is 13.1. The predicted molar refractivity (Wildman–Crippen MR) is 270 cm³/mol. The number of hydrogen-bond donors (Lipinski definition) is 4. The number of hydrogen-bond acceptors (Lipinski definition) is 9. The maximum absolute atomic E-state index is 12.9. The van der Waals surface area contributed by atoms with Crippen LogP contribution in [0.2, 0.25) is 0 Å². The van der Waals surface area contributed by atoms with E-state index >= 15 is 0 Å². The molecule has 1 aliphatic rings. The Labute approximate surface area is 400 Å². The zero-order chi connectivity index (χ0) is 47.1. The van der Waals surface area contributed by atoms with Gasteiger partial charge in [-0.25, -0.2) is 0 Å². The van der Waals surface area contributed by atoms with Crippen molar-refractivity contribution in [1.29, 1.82) is 0 Å². The van der Waals surface area contributed by atoms with Crippen LogP contribution in [0.4, 0.5) is 0 Å². The number of ether oxygens (including phenoxy) is 4. The topological polar surface area (TPSA) is 135 Å². The fourth-order valence-electron chi connectivity index (χ4n) is 8.76. The van der Waals surface area contributed by atoms with E-state index < -0.39 is 43.4 Å². The average Bonchev–Trinajstić information content (AvgIpc) is 3.31. The number of carbonyl (C=O) groups is 1. The highest BCUT2D eigenvalue weighted by Gasteiger charge is 2.44. The smallest absolute Gasteiger partial charge is 0.306 e. The molecular weight excluding hydrogens is 817 g/mol. The predicted octanol–water partition coefficient (Wildman–Crippen LogP) is 14.1. The lowest BCUT2D eigenvalue weighted by Crippen LogP contribution is -2.59. The monoisotopic (exact) mass is 923 g/mol. The Morgan fingerprint density at radius 1 is 0.492 bits per heavy atom. The molecular formula is C56H106O9. The SMILES string of the molecule is CCCCCC/C=C\C/C=C\CCCCCCCCOCC(COC1OC(CO)C(O)C(O)C1O)OC(=O)CCCCCCCCCCCCCCCCCCCCCCCCCCC. The molecule has 4 N–H and O–H groups in total. The molecule has 0 bridgehead atoms. The Hall–Kier alpha value is -1.33. The molecule has 0 spiro atoms. The van der Waals surface area contributed by atoms with E-state index in [9.17, 15) is 25.2 Å². The average molecular weight is 923 g/mol. The normalized spacial score (nSPS) is 19.5. The van der Waals surface area contributed by atoms with E-state index in [4.69, 9.17) is 18.9 Å². The van der Waals surface area contributed by atoms with E-state index in [0.29, 0.717) is 13.0 Å². The summed E-state index contributed by atoms with van der Waals surface area (Å²) in [7, 11) is 0. The first-order chi connectivity index (χ1) is 31.9. The highest BCUT2D eigenvalue weighted by molar-refractivity contribution is 5.69. The summed E-state index contributed by atoms with van der Waals surface area (Å²) >= 11 is 0. The molecule has 9 nitrogen and oxygen atoms in total. The molecule has 0 amide bonds. The Morgan fingerprint density at radius 2 is 0.892 bits per heavy atom. The summed E-state index contributed by atoms with van der Waals surface area (Å²) < 4.78 is 22.9. The van der Waals surface area contributed by atoms with Crippen molar-refractivity contribution < 1.29 is 44.2 Å². The molecule has 1 fully saturated rings. The highest BCUT2D eigenvalue weighted by Crippen LogP contribution is 2.23. The molecule has 1 rings (SSSR count). The van der Waals surface area contributed by atoms with Crippen molar-refractivity contribution in [2.45, 2.75) is 301 Å². The third kappa shape index (κ3) is 38.2. The molecule has 0 aliphatic carbocycles. The van der Waals surface area contributed by atoms with E-state index in [-0.39, 0.29) is 19.2 Å². The van der Waals surface area contributed by atoms with Gasteiger partial charge >= 0.3 is 5.97 Å². The van der Waals surface area contributed by atoms with E-state index in [1.807, 2.05) is 0 Å². The number of aliphatic hydroxyl groups excluding tert-OH is 4. The van der Waals surface area contributed by atoms with Gasteiger partial charge in [-0.1, -0.05) is 237 Å². The molecule has 0 saturated carbocycles. The molecule has 0 aromatic heterocycles. The molecule has 1 heterocycles. The fourth-order valence-corrected chi connectivity index (χ4v) is 8.76. The fraction of sp³-hybridized carbons (Fsp3) is 0.911. The molecule has 1 aliphatic heterocycles. The van der Waals surface area contributed by atoms with Crippen molar-refractivity contribution in [3.8, 4) is 0 Å². The van der Waals surface area contributed by atoms with Gasteiger partial charge in [0.2, 0.25) is 0 Å². The molecule has 65 heavy (non-hydrogen) atoms. The van der Waals surface area contributed by atoms with Crippen LogP contribution < -0.4 is 0 Å². The summed E-state index contributed by atoms with van der Waals surface area (Å²) in [6.07, 6.45) is 50.8. The van der Waals surface area contributed by atoms with Crippen molar-refractivity contribution in [2.75, 3.05) is 26.4 Å². The van der Waals surface area contributed by atoms with Gasteiger partial charge in [0.05, 0.1) is 19.8 Å². The molecule has 0 aromatic rings. The second kappa shape index (κ2) is 47.7. The quantitative estimate of drug-likeness (QED) is 0.0267. The van der Waals surface area contributed by atoms with E-state index in [1.165, 1.54) is 193 Å². The first kappa shape index (κ1) is 61.7. The van der Waals surface area contributed by atoms with Gasteiger partial charge in [-0.2, -0.15) is 0 Å². The van der Waals surface area contributed by atoms with Crippen LogP contribution in [0.25, 0.3) is 0 Å². The number of aliphatic hydroxyl groups is 4. The molecule has 1 saturated heterocycles. The summed E-state index contributed by atoms with van der Waals surface area (Å²) in [6, 6.07) is 0. The maximum atomic E-state index is 12.9. The van der Waals surface area contributed by atoms with E-state index in [2.05, 4.69) is 38.2 Å². The Morgan fingerprint density at radius 3 is 1.34 bits per heavy atom. The van der Waals surface area contributed by atoms with Crippen molar-refractivity contribution in [3.63, 3.8) is 0 Å².